The minimum absolute atomic E-state index is 0.190. The van der Waals surface area contributed by atoms with Gasteiger partial charge in [-0.25, -0.2) is 14.1 Å². The molecule has 0 radical (unpaired) electrons. The number of benzene rings is 1. The molecule has 8 nitrogen and oxygen atoms in total. The van der Waals surface area contributed by atoms with E-state index in [1.54, 1.807) is 24.1 Å². The van der Waals surface area contributed by atoms with Crippen molar-refractivity contribution in [1.82, 2.24) is 19.6 Å². The van der Waals surface area contributed by atoms with Crippen molar-refractivity contribution < 1.29 is 14.2 Å². The molecule has 1 fully saturated rings. The number of hydrogen-bond donors (Lipinski definition) is 2. The van der Waals surface area contributed by atoms with Crippen molar-refractivity contribution in [2.24, 2.45) is 10.7 Å². The molecule has 0 bridgehead atoms. The molecule has 1 saturated heterocycles. The van der Waals surface area contributed by atoms with Gasteiger partial charge in [-0.3, -0.25) is 0 Å². The van der Waals surface area contributed by atoms with Gasteiger partial charge in [0, 0.05) is 51.2 Å². The number of allylic oxidation sites excluding steroid dienone is 1. The Morgan fingerprint density at radius 3 is 2.84 bits per heavy atom. The van der Waals surface area contributed by atoms with Gasteiger partial charge in [0.2, 0.25) is 0 Å². The van der Waals surface area contributed by atoms with Gasteiger partial charge >= 0.3 is 0 Å². The summed E-state index contributed by atoms with van der Waals surface area (Å²) in [5.41, 5.74) is 9.16. The van der Waals surface area contributed by atoms with Gasteiger partial charge in [0.1, 0.15) is 24.6 Å². The fourth-order valence-electron chi connectivity index (χ4n) is 4.08. The molecule has 1 aromatic carbocycles. The number of nitrogens with zero attached hydrogens (tertiary/aromatic N) is 5. The van der Waals surface area contributed by atoms with E-state index in [-0.39, 0.29) is 18.8 Å². The fraction of sp³-hybridized carbons (Fsp3) is 0.455. The third kappa shape index (κ3) is 4.28. The number of likely N-dealkylation sites (tertiary alicyclic amines) is 1. The number of methoxy groups -OCH3 is 1. The van der Waals surface area contributed by atoms with Crippen LogP contribution >= 0.6 is 0 Å². The smallest absolute Gasteiger partial charge is 0.139 e. The second-order valence-electron chi connectivity index (χ2n) is 8.21. The Morgan fingerprint density at radius 2 is 2.16 bits per heavy atom. The highest BCUT2D eigenvalue weighted by Gasteiger charge is 2.28. The zero-order valence-corrected chi connectivity index (χ0v) is 18.1. The van der Waals surface area contributed by atoms with Crippen LogP contribution in [-0.2, 0) is 4.74 Å². The average Bonchev–Trinajstić information content (AvgIpc) is 3.11. The van der Waals surface area contributed by atoms with Gasteiger partial charge in [-0.05, 0) is 36.4 Å². The van der Waals surface area contributed by atoms with Crippen molar-refractivity contribution in [3.63, 3.8) is 0 Å². The molecule has 9 heteroatoms. The van der Waals surface area contributed by atoms with E-state index < -0.39 is 6.17 Å². The Bertz CT molecular complexity index is 1040. The van der Waals surface area contributed by atoms with E-state index in [0.29, 0.717) is 31.3 Å². The van der Waals surface area contributed by atoms with Crippen LogP contribution in [0.2, 0.25) is 0 Å². The van der Waals surface area contributed by atoms with Crippen LogP contribution in [0, 0.1) is 6.92 Å². The summed E-state index contributed by atoms with van der Waals surface area (Å²) in [6.45, 7) is 3.54. The van der Waals surface area contributed by atoms with Crippen LogP contribution in [0.25, 0.3) is 16.7 Å². The maximum absolute atomic E-state index is 14.8. The van der Waals surface area contributed by atoms with E-state index in [4.69, 9.17) is 10.5 Å². The maximum Gasteiger partial charge on any atom is 0.139 e. The lowest BCUT2D eigenvalue weighted by atomic mass is 9.88. The molecular weight excluding hydrogens is 399 g/mol. The molecule has 3 heterocycles. The van der Waals surface area contributed by atoms with Gasteiger partial charge < -0.3 is 25.4 Å². The molecule has 0 spiro atoms. The number of aryl methyl sites for hydroxylation is 1. The summed E-state index contributed by atoms with van der Waals surface area (Å²) in [5, 5.41) is 15.0. The predicted octanol–water partition coefficient (Wildman–Crippen LogP) is 1.66. The zero-order valence-electron chi connectivity index (χ0n) is 18.1. The van der Waals surface area contributed by atoms with E-state index in [9.17, 15) is 9.50 Å². The van der Waals surface area contributed by atoms with Crippen molar-refractivity contribution >= 4 is 22.6 Å². The number of aliphatic hydroxyl groups is 1. The van der Waals surface area contributed by atoms with Gasteiger partial charge in [-0.2, -0.15) is 5.10 Å². The summed E-state index contributed by atoms with van der Waals surface area (Å²) < 4.78 is 21.5. The van der Waals surface area contributed by atoms with E-state index in [1.165, 1.54) is 0 Å². The number of aromatic nitrogens is 2. The number of rotatable bonds is 5. The Labute approximate surface area is 181 Å². The van der Waals surface area contributed by atoms with Gasteiger partial charge in [-0.1, -0.05) is 6.08 Å². The van der Waals surface area contributed by atoms with Crippen molar-refractivity contribution in [2.75, 3.05) is 40.5 Å². The number of ether oxygens (including phenoxy) is 1. The molecule has 2 aliphatic heterocycles. The third-order valence-corrected chi connectivity index (χ3v) is 5.78. The number of alkyl halides is 1. The second kappa shape index (κ2) is 8.68. The van der Waals surface area contributed by atoms with Crippen molar-refractivity contribution in [1.29, 1.82) is 0 Å². The van der Waals surface area contributed by atoms with Gasteiger partial charge in [0.05, 0.1) is 17.8 Å². The average molecular weight is 429 g/mol. The van der Waals surface area contributed by atoms with Crippen molar-refractivity contribution in [2.45, 2.75) is 25.1 Å². The van der Waals surface area contributed by atoms with Crippen LogP contribution < -0.4 is 5.73 Å². The lowest BCUT2D eigenvalue weighted by molar-refractivity contribution is 0.0465. The highest BCUT2D eigenvalue weighted by atomic mass is 19.1. The summed E-state index contributed by atoms with van der Waals surface area (Å²) in [6, 6.07) is 4.00. The molecule has 2 unspecified atom stereocenters. The monoisotopic (exact) mass is 428 g/mol. The number of fused-ring (bicyclic) bond motifs is 1. The molecular formula is C22H29FN6O2. The van der Waals surface area contributed by atoms with Crippen LogP contribution in [0.4, 0.5) is 4.39 Å². The molecule has 3 N–H and O–H groups in total. The lowest BCUT2D eigenvalue weighted by Crippen LogP contribution is -2.53. The van der Waals surface area contributed by atoms with Crippen LogP contribution in [0.5, 0.6) is 0 Å². The first-order chi connectivity index (χ1) is 14.9. The number of β-amino-alcohol motifs (C(OH)–C–C–N with tert-alkyl or cyclic N) is 1. The molecule has 0 saturated carbocycles. The number of nitrogens with two attached hydrogens (primary N) is 1. The van der Waals surface area contributed by atoms with Gasteiger partial charge in [0.25, 0.3) is 0 Å². The quantitative estimate of drug-likeness (QED) is 0.556. The minimum Gasteiger partial charge on any atom is -0.389 e. The highest BCUT2D eigenvalue weighted by molar-refractivity contribution is 5.98. The Kier molecular flexibility index (Phi) is 5.97. The van der Waals surface area contributed by atoms with E-state index >= 15 is 0 Å². The van der Waals surface area contributed by atoms with Crippen molar-refractivity contribution in [3.05, 3.63) is 47.8 Å². The molecule has 2 atom stereocenters. The second-order valence-corrected chi connectivity index (χ2v) is 8.21. The fourth-order valence-corrected chi connectivity index (χ4v) is 4.08. The van der Waals surface area contributed by atoms with Gasteiger partial charge in [-0.15, -0.1) is 0 Å². The maximum atomic E-state index is 14.8. The normalized spacial score (nSPS) is 23.0. The van der Waals surface area contributed by atoms with Crippen LogP contribution in [0.1, 0.15) is 17.0 Å². The molecule has 2 aromatic rings. The first kappa shape index (κ1) is 21.3. The van der Waals surface area contributed by atoms with E-state index in [0.717, 1.165) is 22.0 Å². The summed E-state index contributed by atoms with van der Waals surface area (Å²) in [5.74, 6) is 0.704. The van der Waals surface area contributed by atoms with E-state index in [1.807, 2.05) is 48.2 Å². The van der Waals surface area contributed by atoms with E-state index in [2.05, 4.69) is 10.1 Å². The standard InChI is InChI=1S/C22H29FN6O2/c1-14-6-15-9-26-29(20(15)7-18(14)17-4-5-27(2)12-19(17)23)21(24)8-22(25-13-31-3)28-10-16(30)11-28/h4-9,16-17,19,30H,10-13,24H2,1-3H3/b21-8+,25-22?. The number of aliphatic imine (C=N–C) groups is 1. The SMILES string of the molecule is COCN=C(/C=C(\N)n1ncc2cc(C)c(C3C=CN(C)CC3F)cc21)N1CC(O)C1. The molecule has 1 aromatic heterocycles. The largest absolute Gasteiger partial charge is 0.389 e. The predicted molar refractivity (Wildman–Crippen MR) is 119 cm³/mol. The van der Waals surface area contributed by atoms with Gasteiger partial charge in [0.15, 0.2) is 0 Å². The Hall–Kier alpha value is -2.91. The molecule has 0 aliphatic carbocycles. The number of hydrogen-bond acceptors (Lipinski definition) is 6. The molecule has 166 valence electrons. The highest BCUT2D eigenvalue weighted by Crippen LogP contribution is 2.33. The zero-order chi connectivity index (χ0) is 22.1. The minimum atomic E-state index is -0.985. The van der Waals surface area contributed by atoms with Crippen LogP contribution in [-0.4, -0.2) is 83.3 Å². The first-order valence-corrected chi connectivity index (χ1v) is 10.3. The Balaban J connectivity index is 1.70. The number of halogens is 1. The van der Waals surface area contributed by atoms with Crippen LogP contribution in [0.3, 0.4) is 0 Å². The summed E-state index contributed by atoms with van der Waals surface area (Å²) in [6.07, 6.45) is 5.97. The molecule has 4 rings (SSSR count). The molecule has 2 aliphatic rings. The topological polar surface area (TPSA) is 92.1 Å². The third-order valence-electron chi connectivity index (χ3n) is 5.78. The summed E-state index contributed by atoms with van der Waals surface area (Å²) >= 11 is 0. The first-order valence-electron chi connectivity index (χ1n) is 10.3. The lowest BCUT2D eigenvalue weighted by Gasteiger charge is -2.37. The van der Waals surface area contributed by atoms with Crippen molar-refractivity contribution in [3.8, 4) is 0 Å². The van der Waals surface area contributed by atoms with Crippen LogP contribution in [0.15, 0.2) is 41.7 Å². The summed E-state index contributed by atoms with van der Waals surface area (Å²) in [7, 11) is 3.44. The number of amidine groups is 1. The molecule has 0 amide bonds. The summed E-state index contributed by atoms with van der Waals surface area (Å²) in [4.78, 5) is 8.18. The Morgan fingerprint density at radius 1 is 1.39 bits per heavy atom. The number of aliphatic hydroxyl groups excluding tert-OH is 1. The molecule has 31 heavy (non-hydrogen) atoms.